The van der Waals surface area contributed by atoms with E-state index in [2.05, 4.69) is 81.9 Å². The molecule has 1 aliphatic heterocycles. The highest BCUT2D eigenvalue weighted by atomic mass is 79.9. The van der Waals surface area contributed by atoms with E-state index in [-0.39, 0.29) is 6.04 Å². The quantitative estimate of drug-likeness (QED) is 0.167. The highest BCUT2D eigenvalue weighted by Gasteiger charge is 2.37. The molecule has 2 aliphatic rings. The summed E-state index contributed by atoms with van der Waals surface area (Å²) >= 11 is 3.47. The Labute approximate surface area is 238 Å². The first-order valence-corrected chi connectivity index (χ1v) is 14.3. The van der Waals surface area contributed by atoms with Gasteiger partial charge in [-0.3, -0.25) is 4.99 Å². The Balaban J connectivity index is 1.15. The van der Waals surface area contributed by atoms with Crippen LogP contribution in [0, 0.1) is 5.92 Å². The summed E-state index contributed by atoms with van der Waals surface area (Å²) in [6.45, 7) is 3.02. The molecule has 0 unspecified atom stereocenters. The van der Waals surface area contributed by atoms with Crippen LogP contribution in [0.3, 0.4) is 0 Å². The molecule has 0 bridgehead atoms. The number of benzene rings is 4. The minimum Gasteiger partial charge on any atom is -0.490 e. The van der Waals surface area contributed by atoms with Gasteiger partial charge in [0.15, 0.2) is 11.5 Å². The van der Waals surface area contributed by atoms with Crippen molar-refractivity contribution in [3.05, 3.63) is 130 Å². The Bertz CT molecular complexity index is 1490. The summed E-state index contributed by atoms with van der Waals surface area (Å²) in [4.78, 5) is 4.74. The van der Waals surface area contributed by atoms with Gasteiger partial charge in [-0.15, -0.1) is 0 Å². The number of nitrogens with one attached hydrogen (secondary N) is 1. The summed E-state index contributed by atoms with van der Waals surface area (Å²) in [5.41, 5.74) is 6.93. The maximum atomic E-state index is 6.06. The topological polar surface area (TPSA) is 42.8 Å². The van der Waals surface area contributed by atoms with Crippen LogP contribution < -0.4 is 14.8 Å². The van der Waals surface area contributed by atoms with E-state index in [0.717, 1.165) is 39.2 Å². The molecule has 1 N–H and O–H groups in total. The Hall–Kier alpha value is -3.83. The Morgan fingerprint density at radius 1 is 0.923 bits per heavy atom. The Kier molecular flexibility index (Phi) is 7.51. The molecule has 39 heavy (non-hydrogen) atoms. The molecule has 6 rings (SSSR count). The maximum Gasteiger partial charge on any atom is 0.161 e. The molecule has 196 valence electrons. The van der Waals surface area contributed by atoms with Crippen molar-refractivity contribution in [3.8, 4) is 11.5 Å². The molecule has 0 saturated heterocycles. The van der Waals surface area contributed by atoms with Crippen LogP contribution in [0.2, 0.25) is 0 Å². The molecule has 0 amide bonds. The first kappa shape index (κ1) is 25.4. The second-order valence-electron chi connectivity index (χ2n) is 9.97. The number of fused-ring (bicyclic) bond motifs is 3. The van der Waals surface area contributed by atoms with E-state index in [4.69, 9.17) is 14.5 Å². The first-order valence-electron chi connectivity index (χ1n) is 13.5. The Morgan fingerprint density at radius 2 is 1.74 bits per heavy atom. The van der Waals surface area contributed by atoms with Gasteiger partial charge in [0, 0.05) is 22.3 Å². The summed E-state index contributed by atoms with van der Waals surface area (Å²) in [6.07, 6.45) is 7.69. The van der Waals surface area contributed by atoms with Crippen molar-refractivity contribution in [1.82, 2.24) is 0 Å². The summed E-state index contributed by atoms with van der Waals surface area (Å²) in [5, 5.41) is 3.80. The van der Waals surface area contributed by atoms with Gasteiger partial charge in [0.2, 0.25) is 0 Å². The van der Waals surface area contributed by atoms with Crippen molar-refractivity contribution >= 4 is 33.5 Å². The average molecular weight is 580 g/mol. The second kappa shape index (κ2) is 11.5. The van der Waals surface area contributed by atoms with E-state index in [9.17, 15) is 0 Å². The van der Waals surface area contributed by atoms with Crippen molar-refractivity contribution in [2.24, 2.45) is 10.9 Å². The van der Waals surface area contributed by atoms with Gasteiger partial charge in [-0.25, -0.2) is 0 Å². The van der Waals surface area contributed by atoms with E-state index in [1.807, 2.05) is 55.6 Å². The maximum absolute atomic E-state index is 6.06. The number of aliphatic imine (C=N–C) groups is 1. The van der Waals surface area contributed by atoms with Gasteiger partial charge in [0.1, 0.15) is 6.61 Å². The number of ether oxygens (including phenoxy) is 2. The van der Waals surface area contributed by atoms with Crippen LogP contribution in [0.25, 0.3) is 0 Å². The zero-order chi connectivity index (χ0) is 26.6. The third-order valence-corrected chi connectivity index (χ3v) is 7.99. The average Bonchev–Trinajstić information content (AvgIpc) is 3.47. The van der Waals surface area contributed by atoms with Crippen LogP contribution in [0.15, 0.2) is 113 Å². The molecular formula is C34H31BrN2O2. The molecule has 1 heterocycles. The minimum atomic E-state index is 0.289. The summed E-state index contributed by atoms with van der Waals surface area (Å²) in [5.74, 6) is 2.46. The fourth-order valence-corrected chi connectivity index (χ4v) is 5.79. The van der Waals surface area contributed by atoms with Gasteiger partial charge < -0.3 is 14.8 Å². The summed E-state index contributed by atoms with van der Waals surface area (Å²) in [6, 6.07) is 31.7. The van der Waals surface area contributed by atoms with Gasteiger partial charge in [0.05, 0.1) is 18.3 Å². The van der Waals surface area contributed by atoms with Gasteiger partial charge in [-0.1, -0.05) is 70.5 Å². The second-order valence-corrected chi connectivity index (χ2v) is 10.9. The smallest absolute Gasteiger partial charge is 0.161 e. The number of nitrogens with zero attached hydrogens (tertiary/aromatic N) is 1. The number of anilines is 1. The largest absolute Gasteiger partial charge is 0.490 e. The van der Waals surface area contributed by atoms with Crippen molar-refractivity contribution < 1.29 is 9.47 Å². The third kappa shape index (κ3) is 5.64. The lowest BCUT2D eigenvalue weighted by atomic mass is 9.77. The molecule has 5 heteroatoms. The molecule has 0 aromatic heterocycles. The number of hydrogen-bond acceptors (Lipinski definition) is 4. The molecule has 1 aliphatic carbocycles. The number of allylic oxidation sites excluding steroid dienone is 2. The fraction of sp³-hybridized carbons (Fsp3) is 0.206. The zero-order valence-electron chi connectivity index (χ0n) is 21.9. The molecule has 0 radical (unpaired) electrons. The lowest BCUT2D eigenvalue weighted by Gasteiger charge is -2.37. The van der Waals surface area contributed by atoms with Crippen molar-refractivity contribution in [1.29, 1.82) is 0 Å². The summed E-state index contributed by atoms with van der Waals surface area (Å²) in [7, 11) is 0. The van der Waals surface area contributed by atoms with E-state index < -0.39 is 0 Å². The van der Waals surface area contributed by atoms with E-state index in [1.165, 1.54) is 16.8 Å². The van der Waals surface area contributed by atoms with Crippen LogP contribution in [-0.4, -0.2) is 12.8 Å². The predicted molar refractivity (Wildman–Crippen MR) is 163 cm³/mol. The fourth-order valence-electron chi connectivity index (χ4n) is 5.52. The van der Waals surface area contributed by atoms with E-state index in [1.54, 1.807) is 0 Å². The number of rotatable bonds is 8. The lowest BCUT2D eigenvalue weighted by molar-refractivity contribution is 0.269. The van der Waals surface area contributed by atoms with Crippen molar-refractivity contribution in [2.75, 3.05) is 11.9 Å². The molecule has 3 atom stereocenters. The molecular weight excluding hydrogens is 548 g/mol. The standard InChI is InChI=1S/C34H31BrN2O2/c1-2-38-33-20-24(12-19-32(33)39-22-23-10-15-26(35)16-11-23)21-36-27-17-13-25(14-18-27)34-30-8-5-7-28(30)29-6-3-4-9-31(29)37-34/h3-7,9-21,28,30,34,37H,2,8,22H2,1H3/t28-,30-,34-/m0/s1. The van der Waals surface area contributed by atoms with Gasteiger partial charge in [-0.2, -0.15) is 0 Å². The zero-order valence-corrected chi connectivity index (χ0v) is 23.5. The number of para-hydroxylation sites is 1. The monoisotopic (exact) mass is 578 g/mol. The van der Waals surface area contributed by atoms with E-state index >= 15 is 0 Å². The third-order valence-electron chi connectivity index (χ3n) is 7.46. The van der Waals surface area contributed by atoms with Gasteiger partial charge >= 0.3 is 0 Å². The highest BCUT2D eigenvalue weighted by Crippen LogP contribution is 2.49. The molecule has 4 aromatic carbocycles. The van der Waals surface area contributed by atoms with Gasteiger partial charge in [-0.05, 0) is 90.0 Å². The molecule has 0 spiro atoms. The van der Waals surface area contributed by atoms with Crippen molar-refractivity contribution in [3.63, 3.8) is 0 Å². The molecule has 0 saturated carbocycles. The minimum absolute atomic E-state index is 0.289. The van der Waals surface area contributed by atoms with E-state index in [0.29, 0.717) is 25.0 Å². The molecule has 0 fully saturated rings. The van der Waals surface area contributed by atoms with Gasteiger partial charge in [0.25, 0.3) is 0 Å². The van der Waals surface area contributed by atoms with Crippen LogP contribution in [0.5, 0.6) is 11.5 Å². The van der Waals surface area contributed by atoms with Crippen LogP contribution in [-0.2, 0) is 6.61 Å². The molecule has 4 aromatic rings. The van der Waals surface area contributed by atoms with Crippen LogP contribution in [0.4, 0.5) is 11.4 Å². The summed E-state index contributed by atoms with van der Waals surface area (Å²) < 4.78 is 13.0. The Morgan fingerprint density at radius 3 is 2.56 bits per heavy atom. The normalized spacial score (nSPS) is 19.4. The number of halogens is 1. The van der Waals surface area contributed by atoms with Crippen LogP contribution in [0.1, 0.15) is 47.6 Å². The van der Waals surface area contributed by atoms with Crippen LogP contribution >= 0.6 is 15.9 Å². The SMILES string of the molecule is CCOc1cc(C=Nc2ccc([C@@H]3Nc4ccccc4[C@@H]4C=CC[C@@H]43)cc2)ccc1OCc1ccc(Br)cc1. The van der Waals surface area contributed by atoms with Crippen molar-refractivity contribution in [2.45, 2.75) is 31.9 Å². The highest BCUT2D eigenvalue weighted by molar-refractivity contribution is 9.10. The first-order chi connectivity index (χ1) is 19.2. The number of hydrogen-bond donors (Lipinski definition) is 1. The lowest BCUT2D eigenvalue weighted by Crippen LogP contribution is -2.28. The molecule has 4 nitrogen and oxygen atoms in total. The predicted octanol–water partition coefficient (Wildman–Crippen LogP) is 9.00.